The number of aliphatic hydroxyl groups is 1. The smallest absolute Gasteiger partial charge is 0.410 e. The van der Waals surface area contributed by atoms with E-state index in [1.807, 2.05) is 57.2 Å². The summed E-state index contributed by atoms with van der Waals surface area (Å²) in [6, 6.07) is 18.4. The van der Waals surface area contributed by atoms with Crippen LogP contribution in [-0.4, -0.2) is 41.4 Å². The first kappa shape index (κ1) is 20.0. The van der Waals surface area contributed by atoms with Crippen molar-refractivity contribution in [3.63, 3.8) is 0 Å². The van der Waals surface area contributed by atoms with E-state index in [1.165, 1.54) is 16.0 Å². The maximum absolute atomic E-state index is 12.0. The summed E-state index contributed by atoms with van der Waals surface area (Å²) in [4.78, 5) is 13.5. The highest BCUT2D eigenvalue weighted by Gasteiger charge is 2.21. The van der Waals surface area contributed by atoms with Gasteiger partial charge in [0.05, 0.1) is 6.10 Å². The fourth-order valence-electron chi connectivity index (χ4n) is 2.79. The van der Waals surface area contributed by atoms with Gasteiger partial charge >= 0.3 is 6.09 Å². The Morgan fingerprint density at radius 2 is 1.62 bits per heavy atom. The molecule has 0 spiro atoms. The minimum Gasteiger partial charge on any atom is -0.444 e. The van der Waals surface area contributed by atoms with Crippen molar-refractivity contribution in [2.24, 2.45) is 0 Å². The van der Waals surface area contributed by atoms with Crippen LogP contribution in [0.5, 0.6) is 0 Å². The predicted octanol–water partition coefficient (Wildman–Crippen LogP) is 4.05. The van der Waals surface area contributed by atoms with Crippen LogP contribution in [-0.2, 0) is 17.6 Å². The van der Waals surface area contributed by atoms with Gasteiger partial charge in [0.2, 0.25) is 0 Å². The number of benzene rings is 2. The van der Waals surface area contributed by atoms with E-state index in [9.17, 15) is 9.90 Å². The van der Waals surface area contributed by atoms with Crippen LogP contribution in [0, 0.1) is 0 Å². The summed E-state index contributed by atoms with van der Waals surface area (Å²) in [7, 11) is 1.65. The summed E-state index contributed by atoms with van der Waals surface area (Å²) in [6.07, 6.45) is 0.250. The number of rotatable bonds is 6. The predicted molar refractivity (Wildman–Crippen MR) is 104 cm³/mol. The lowest BCUT2D eigenvalue weighted by Crippen LogP contribution is -2.39. The van der Waals surface area contributed by atoms with Gasteiger partial charge in [0.15, 0.2) is 0 Å². The number of aliphatic hydroxyl groups excluding tert-OH is 1. The molecular weight excluding hydrogens is 326 g/mol. The van der Waals surface area contributed by atoms with Gasteiger partial charge in [-0.15, -0.1) is 0 Å². The molecule has 1 atom stereocenters. The maximum atomic E-state index is 12.0. The molecule has 140 valence electrons. The summed E-state index contributed by atoms with van der Waals surface area (Å²) in [6.45, 7) is 5.72. The van der Waals surface area contributed by atoms with Crippen molar-refractivity contribution in [1.82, 2.24) is 4.90 Å². The highest BCUT2D eigenvalue weighted by molar-refractivity contribution is 5.67. The Kier molecular flexibility index (Phi) is 6.81. The third kappa shape index (κ3) is 6.52. The van der Waals surface area contributed by atoms with Crippen molar-refractivity contribution in [3.8, 4) is 0 Å². The van der Waals surface area contributed by atoms with Crippen molar-refractivity contribution in [1.29, 1.82) is 0 Å². The second-order valence-electron chi connectivity index (χ2n) is 7.65. The van der Waals surface area contributed by atoms with Gasteiger partial charge in [-0.3, -0.25) is 0 Å². The van der Waals surface area contributed by atoms with Crippen LogP contribution in [0.25, 0.3) is 0 Å². The Morgan fingerprint density at radius 3 is 2.23 bits per heavy atom. The van der Waals surface area contributed by atoms with Crippen LogP contribution >= 0.6 is 0 Å². The van der Waals surface area contributed by atoms with Gasteiger partial charge in [-0.1, -0.05) is 54.6 Å². The van der Waals surface area contributed by atoms with Crippen molar-refractivity contribution in [2.75, 3.05) is 13.6 Å². The van der Waals surface area contributed by atoms with Crippen LogP contribution < -0.4 is 0 Å². The van der Waals surface area contributed by atoms with Gasteiger partial charge in [-0.05, 0) is 43.9 Å². The number of likely N-dealkylation sites (N-methyl/N-ethyl adjacent to an activating group) is 1. The third-order valence-corrected chi connectivity index (χ3v) is 4.00. The monoisotopic (exact) mass is 355 g/mol. The molecule has 0 bridgehead atoms. The fraction of sp³-hybridized carbons (Fsp3) is 0.409. The highest BCUT2D eigenvalue weighted by Crippen LogP contribution is 2.17. The number of carbonyl (C=O) groups is 1. The maximum Gasteiger partial charge on any atom is 0.410 e. The molecular formula is C22H29NO3. The first-order chi connectivity index (χ1) is 12.2. The molecule has 0 saturated carbocycles. The largest absolute Gasteiger partial charge is 0.444 e. The number of hydrogen-bond acceptors (Lipinski definition) is 3. The standard InChI is InChI=1S/C22H29NO3/c1-22(2,3)26-21(25)23(4)16-20(24)15-19-13-9-8-12-18(19)14-17-10-6-5-7-11-17/h5-13,20,24H,14-16H2,1-4H3. The third-order valence-electron chi connectivity index (χ3n) is 4.00. The molecule has 26 heavy (non-hydrogen) atoms. The molecule has 0 aliphatic heterocycles. The van der Waals surface area contributed by atoms with E-state index in [0.29, 0.717) is 6.42 Å². The van der Waals surface area contributed by atoms with Crippen molar-refractivity contribution < 1.29 is 14.6 Å². The first-order valence-electron chi connectivity index (χ1n) is 8.97. The Labute approximate surface area is 156 Å². The van der Waals surface area contributed by atoms with E-state index >= 15 is 0 Å². The molecule has 1 unspecified atom stereocenters. The number of hydrogen-bond donors (Lipinski definition) is 1. The van der Waals surface area contributed by atoms with Gasteiger partial charge in [0.25, 0.3) is 0 Å². The summed E-state index contributed by atoms with van der Waals surface area (Å²) >= 11 is 0. The van der Waals surface area contributed by atoms with E-state index in [0.717, 1.165) is 12.0 Å². The van der Waals surface area contributed by atoms with E-state index in [4.69, 9.17) is 4.74 Å². The molecule has 0 radical (unpaired) electrons. The quantitative estimate of drug-likeness (QED) is 0.850. The lowest BCUT2D eigenvalue weighted by Gasteiger charge is -2.26. The molecule has 2 aromatic carbocycles. The SMILES string of the molecule is CN(CC(O)Cc1ccccc1Cc1ccccc1)C(=O)OC(C)(C)C. The highest BCUT2D eigenvalue weighted by atomic mass is 16.6. The molecule has 0 heterocycles. The van der Waals surface area contributed by atoms with E-state index in [2.05, 4.69) is 18.2 Å². The zero-order valence-electron chi connectivity index (χ0n) is 16.1. The zero-order chi connectivity index (χ0) is 19.2. The lowest BCUT2D eigenvalue weighted by atomic mass is 9.96. The van der Waals surface area contributed by atoms with Gasteiger partial charge in [-0.2, -0.15) is 0 Å². The number of amides is 1. The molecule has 4 nitrogen and oxygen atoms in total. The van der Waals surface area contributed by atoms with E-state index in [-0.39, 0.29) is 6.54 Å². The van der Waals surface area contributed by atoms with E-state index in [1.54, 1.807) is 7.05 Å². The average Bonchev–Trinajstić information content (AvgIpc) is 2.56. The molecule has 0 aromatic heterocycles. The molecule has 0 saturated heterocycles. The van der Waals surface area contributed by atoms with Gasteiger partial charge < -0.3 is 14.7 Å². The van der Waals surface area contributed by atoms with Gasteiger partial charge in [0, 0.05) is 20.0 Å². The van der Waals surface area contributed by atoms with Crippen LogP contribution in [0.2, 0.25) is 0 Å². The van der Waals surface area contributed by atoms with Crippen molar-refractivity contribution >= 4 is 6.09 Å². The van der Waals surface area contributed by atoms with Crippen LogP contribution in [0.15, 0.2) is 54.6 Å². The van der Waals surface area contributed by atoms with Crippen LogP contribution in [0.4, 0.5) is 4.79 Å². The Balaban J connectivity index is 1.98. The molecule has 4 heteroatoms. The molecule has 0 aliphatic carbocycles. The summed E-state index contributed by atoms with van der Waals surface area (Å²) in [5.41, 5.74) is 2.98. The topological polar surface area (TPSA) is 49.8 Å². The number of nitrogens with zero attached hydrogens (tertiary/aromatic N) is 1. The summed E-state index contributed by atoms with van der Waals surface area (Å²) in [5, 5.41) is 10.5. The first-order valence-corrected chi connectivity index (χ1v) is 8.97. The lowest BCUT2D eigenvalue weighted by molar-refractivity contribution is 0.0207. The molecule has 1 N–H and O–H groups in total. The Morgan fingerprint density at radius 1 is 1.04 bits per heavy atom. The molecule has 2 rings (SSSR count). The summed E-state index contributed by atoms with van der Waals surface area (Å²) in [5.74, 6) is 0. The molecule has 2 aromatic rings. The molecule has 0 aliphatic rings. The van der Waals surface area contributed by atoms with Gasteiger partial charge in [0.1, 0.15) is 5.60 Å². The second kappa shape index (κ2) is 8.86. The molecule has 1 amide bonds. The average molecular weight is 355 g/mol. The molecule has 0 fully saturated rings. The van der Waals surface area contributed by atoms with Crippen molar-refractivity contribution in [2.45, 2.75) is 45.3 Å². The van der Waals surface area contributed by atoms with Crippen LogP contribution in [0.1, 0.15) is 37.5 Å². The Hall–Kier alpha value is -2.33. The van der Waals surface area contributed by atoms with Crippen molar-refractivity contribution in [3.05, 3.63) is 71.3 Å². The fourth-order valence-corrected chi connectivity index (χ4v) is 2.79. The van der Waals surface area contributed by atoms with Crippen LogP contribution in [0.3, 0.4) is 0 Å². The minimum atomic E-state index is -0.649. The Bertz CT molecular complexity index is 707. The second-order valence-corrected chi connectivity index (χ2v) is 7.65. The number of ether oxygens (including phenoxy) is 1. The van der Waals surface area contributed by atoms with Gasteiger partial charge in [-0.25, -0.2) is 4.79 Å². The normalized spacial score (nSPS) is 12.5. The summed E-state index contributed by atoms with van der Waals surface area (Å²) < 4.78 is 5.33. The minimum absolute atomic E-state index is 0.231. The zero-order valence-corrected chi connectivity index (χ0v) is 16.1. The number of carbonyl (C=O) groups excluding carboxylic acids is 1. The van der Waals surface area contributed by atoms with E-state index < -0.39 is 17.8 Å².